The molecule has 0 saturated heterocycles. The van der Waals surface area contributed by atoms with E-state index in [2.05, 4.69) is 0 Å². The number of hydrogen-bond donors (Lipinski definition) is 2. The Labute approximate surface area is 81.0 Å². The molecule has 0 bridgehead atoms. The summed E-state index contributed by atoms with van der Waals surface area (Å²) in [6.45, 7) is 4.75. The van der Waals surface area contributed by atoms with E-state index in [1.807, 2.05) is 13.8 Å². The van der Waals surface area contributed by atoms with Crippen molar-refractivity contribution in [3.63, 3.8) is 0 Å². The molecule has 0 saturated carbocycles. The van der Waals surface area contributed by atoms with Crippen LogP contribution in [-0.4, -0.2) is 31.9 Å². The van der Waals surface area contributed by atoms with Crippen molar-refractivity contribution in [2.75, 3.05) is 13.2 Å². The Kier molecular flexibility index (Phi) is 7.49. The lowest BCUT2D eigenvalue weighted by Crippen LogP contribution is -2.43. The minimum absolute atomic E-state index is 0.363. The molecule has 4 nitrogen and oxygen atoms in total. The second-order valence-corrected chi connectivity index (χ2v) is 4.63. The monoisotopic (exact) mass is 208 g/mol. The van der Waals surface area contributed by atoms with E-state index in [4.69, 9.17) is 8.85 Å². The van der Waals surface area contributed by atoms with E-state index >= 15 is 0 Å². The molecule has 5 heteroatoms. The van der Waals surface area contributed by atoms with Crippen LogP contribution >= 0.6 is 0 Å². The third kappa shape index (κ3) is 8.39. The predicted octanol–water partition coefficient (Wildman–Crippen LogP) is 1.04. The number of unbranched alkanes of at least 4 members (excludes halogenated alkanes) is 2. The first kappa shape index (κ1) is 13.1. The Morgan fingerprint density at radius 2 is 1.31 bits per heavy atom. The Morgan fingerprint density at radius 1 is 0.923 bits per heavy atom. The van der Waals surface area contributed by atoms with Gasteiger partial charge in [-0.05, 0) is 12.8 Å². The molecule has 0 atom stereocenters. The summed E-state index contributed by atoms with van der Waals surface area (Å²) in [6, 6.07) is 0. The van der Waals surface area contributed by atoms with Crippen LogP contribution in [0.2, 0.25) is 0 Å². The SMILES string of the molecule is CCCCO[Si](O)(O)OCCCC. The Hall–Kier alpha value is 0.0569. The van der Waals surface area contributed by atoms with Gasteiger partial charge in [0, 0.05) is 13.2 Å². The highest BCUT2D eigenvalue weighted by Gasteiger charge is 2.35. The normalized spacial score (nSPS) is 12.0. The molecule has 0 aromatic rings. The van der Waals surface area contributed by atoms with Gasteiger partial charge in [0.15, 0.2) is 0 Å². The molecular formula is C8H20O4Si. The molecule has 0 aliphatic rings. The van der Waals surface area contributed by atoms with Crippen molar-refractivity contribution in [1.29, 1.82) is 0 Å². The summed E-state index contributed by atoms with van der Waals surface area (Å²) in [7, 11) is -3.78. The van der Waals surface area contributed by atoms with Crippen molar-refractivity contribution in [2.45, 2.75) is 39.5 Å². The zero-order chi connectivity index (χ0) is 10.2. The van der Waals surface area contributed by atoms with Gasteiger partial charge >= 0.3 is 9.05 Å². The van der Waals surface area contributed by atoms with Crippen molar-refractivity contribution >= 4 is 9.05 Å². The van der Waals surface area contributed by atoms with E-state index in [1.165, 1.54) is 0 Å². The van der Waals surface area contributed by atoms with Crippen molar-refractivity contribution in [2.24, 2.45) is 0 Å². The molecule has 0 unspecified atom stereocenters. The largest absolute Gasteiger partial charge is 0.674 e. The van der Waals surface area contributed by atoms with Crippen LogP contribution in [0.4, 0.5) is 0 Å². The van der Waals surface area contributed by atoms with Gasteiger partial charge in [-0.3, -0.25) is 0 Å². The van der Waals surface area contributed by atoms with Crippen LogP contribution in [0.5, 0.6) is 0 Å². The molecule has 0 rings (SSSR count). The molecule has 0 aromatic heterocycles. The molecule has 0 aromatic carbocycles. The highest BCUT2D eigenvalue weighted by atomic mass is 28.4. The molecule has 0 radical (unpaired) electrons. The maximum Gasteiger partial charge on any atom is 0.674 e. The number of rotatable bonds is 8. The molecule has 0 aliphatic carbocycles. The van der Waals surface area contributed by atoms with Crippen LogP contribution in [0.3, 0.4) is 0 Å². The van der Waals surface area contributed by atoms with E-state index in [1.54, 1.807) is 0 Å². The molecule has 0 fully saturated rings. The van der Waals surface area contributed by atoms with Gasteiger partial charge in [0.05, 0.1) is 0 Å². The zero-order valence-corrected chi connectivity index (χ0v) is 9.45. The van der Waals surface area contributed by atoms with Gasteiger partial charge in [-0.2, -0.15) is 0 Å². The van der Waals surface area contributed by atoms with Crippen LogP contribution in [0.25, 0.3) is 0 Å². The van der Waals surface area contributed by atoms with Gasteiger partial charge in [0.2, 0.25) is 0 Å². The Bertz CT molecular complexity index is 107. The molecule has 0 heterocycles. The first-order valence-electron chi connectivity index (χ1n) is 4.85. The first-order valence-corrected chi connectivity index (χ1v) is 6.56. The highest BCUT2D eigenvalue weighted by molar-refractivity contribution is 6.50. The lowest BCUT2D eigenvalue weighted by molar-refractivity contribution is 0.0225. The molecule has 0 spiro atoms. The second-order valence-electron chi connectivity index (χ2n) is 2.95. The van der Waals surface area contributed by atoms with Crippen LogP contribution in [0.15, 0.2) is 0 Å². The van der Waals surface area contributed by atoms with E-state index < -0.39 is 9.05 Å². The summed E-state index contributed by atoms with van der Waals surface area (Å²) < 4.78 is 9.69. The van der Waals surface area contributed by atoms with Gasteiger partial charge < -0.3 is 18.4 Å². The highest BCUT2D eigenvalue weighted by Crippen LogP contribution is 2.02. The first-order chi connectivity index (χ1) is 6.12. The molecule has 2 N–H and O–H groups in total. The third-order valence-corrected chi connectivity index (χ3v) is 2.74. The van der Waals surface area contributed by atoms with Crippen LogP contribution < -0.4 is 0 Å². The van der Waals surface area contributed by atoms with Gasteiger partial charge in [-0.25, -0.2) is 0 Å². The minimum Gasteiger partial charge on any atom is -0.367 e. The standard InChI is InChI=1S/C8H20O4Si/c1-3-5-7-11-13(9,10)12-8-6-4-2/h9-10H,3-8H2,1-2H3. The average Bonchev–Trinajstić information content (AvgIpc) is 2.05. The fourth-order valence-electron chi connectivity index (χ4n) is 0.741. The maximum atomic E-state index is 9.22. The molecule has 0 amide bonds. The van der Waals surface area contributed by atoms with Crippen molar-refractivity contribution < 1.29 is 18.4 Å². The average molecular weight is 208 g/mol. The van der Waals surface area contributed by atoms with Gasteiger partial charge in [-0.15, -0.1) is 0 Å². The predicted molar refractivity (Wildman–Crippen MR) is 51.9 cm³/mol. The topological polar surface area (TPSA) is 58.9 Å². The smallest absolute Gasteiger partial charge is 0.367 e. The summed E-state index contributed by atoms with van der Waals surface area (Å²) in [5.41, 5.74) is 0. The van der Waals surface area contributed by atoms with Gasteiger partial charge in [0.1, 0.15) is 0 Å². The van der Waals surface area contributed by atoms with Gasteiger partial charge in [-0.1, -0.05) is 26.7 Å². The summed E-state index contributed by atoms with van der Waals surface area (Å²) >= 11 is 0. The fourth-order valence-corrected chi connectivity index (χ4v) is 1.64. The molecular weight excluding hydrogens is 188 g/mol. The third-order valence-electron chi connectivity index (χ3n) is 1.58. The fraction of sp³-hybridized carbons (Fsp3) is 1.00. The maximum absolute atomic E-state index is 9.22. The van der Waals surface area contributed by atoms with Crippen molar-refractivity contribution in [3.8, 4) is 0 Å². The van der Waals surface area contributed by atoms with Crippen LogP contribution in [-0.2, 0) is 8.85 Å². The lowest BCUT2D eigenvalue weighted by Gasteiger charge is -2.16. The quantitative estimate of drug-likeness (QED) is 0.462. The second kappa shape index (κ2) is 7.46. The van der Waals surface area contributed by atoms with E-state index in [9.17, 15) is 9.59 Å². The van der Waals surface area contributed by atoms with Crippen molar-refractivity contribution in [1.82, 2.24) is 0 Å². The minimum atomic E-state index is -3.78. The summed E-state index contributed by atoms with van der Waals surface area (Å²) in [6.07, 6.45) is 3.60. The van der Waals surface area contributed by atoms with Crippen LogP contribution in [0, 0.1) is 0 Å². The van der Waals surface area contributed by atoms with E-state index in [0.717, 1.165) is 25.7 Å². The zero-order valence-electron chi connectivity index (χ0n) is 8.45. The summed E-state index contributed by atoms with van der Waals surface area (Å²) in [5, 5.41) is 0. The summed E-state index contributed by atoms with van der Waals surface area (Å²) in [5.74, 6) is 0. The summed E-state index contributed by atoms with van der Waals surface area (Å²) in [4.78, 5) is 18.4. The van der Waals surface area contributed by atoms with Gasteiger partial charge in [0.25, 0.3) is 0 Å². The number of hydrogen-bond acceptors (Lipinski definition) is 4. The van der Waals surface area contributed by atoms with Crippen LogP contribution in [0.1, 0.15) is 39.5 Å². The molecule has 0 aliphatic heterocycles. The van der Waals surface area contributed by atoms with E-state index in [-0.39, 0.29) is 0 Å². The van der Waals surface area contributed by atoms with Crippen molar-refractivity contribution in [3.05, 3.63) is 0 Å². The molecule has 13 heavy (non-hydrogen) atoms. The Balaban J connectivity index is 3.42. The molecule has 80 valence electrons. The lowest BCUT2D eigenvalue weighted by atomic mass is 10.4. The van der Waals surface area contributed by atoms with E-state index in [0.29, 0.717) is 13.2 Å². The Morgan fingerprint density at radius 3 is 1.62 bits per heavy atom.